The highest BCUT2D eigenvalue weighted by molar-refractivity contribution is 5.94. The highest BCUT2D eigenvalue weighted by Crippen LogP contribution is 2.15. The van der Waals surface area contributed by atoms with Crippen LogP contribution in [0.3, 0.4) is 0 Å². The van der Waals surface area contributed by atoms with E-state index in [0.717, 1.165) is 16.8 Å². The standard InChI is InChI=1S/C13H13N5/c1-2-10(5-6-17-13(14)15)11-3-4-12-16-7-8-18(12)9-11/h2-9H,1H2,(H3,14,15)/b10-5-,17-6-. The Balaban J connectivity index is 2.37. The third-order valence-corrected chi connectivity index (χ3v) is 2.41. The highest BCUT2D eigenvalue weighted by atomic mass is 15.0. The van der Waals surface area contributed by atoms with Crippen molar-refractivity contribution in [2.75, 3.05) is 0 Å². The van der Waals surface area contributed by atoms with Crippen molar-refractivity contribution in [1.29, 1.82) is 5.41 Å². The molecule has 0 fully saturated rings. The van der Waals surface area contributed by atoms with Gasteiger partial charge in [0.25, 0.3) is 0 Å². The van der Waals surface area contributed by atoms with E-state index in [4.69, 9.17) is 11.1 Å². The zero-order valence-corrected chi connectivity index (χ0v) is 9.74. The van der Waals surface area contributed by atoms with Gasteiger partial charge in [-0.2, -0.15) is 0 Å². The van der Waals surface area contributed by atoms with Crippen LogP contribution in [0.25, 0.3) is 11.2 Å². The van der Waals surface area contributed by atoms with Crippen molar-refractivity contribution in [3.63, 3.8) is 0 Å². The van der Waals surface area contributed by atoms with E-state index in [1.54, 1.807) is 18.3 Å². The van der Waals surface area contributed by atoms with Crippen molar-refractivity contribution in [2.45, 2.75) is 0 Å². The summed E-state index contributed by atoms with van der Waals surface area (Å²) in [5, 5.41) is 7.00. The summed E-state index contributed by atoms with van der Waals surface area (Å²) in [6, 6.07) is 3.88. The number of hydrogen-bond donors (Lipinski definition) is 2. The van der Waals surface area contributed by atoms with Gasteiger partial charge >= 0.3 is 0 Å². The second-order valence-electron chi connectivity index (χ2n) is 3.60. The minimum Gasteiger partial charge on any atom is -0.368 e. The lowest BCUT2D eigenvalue weighted by Crippen LogP contribution is -2.04. The quantitative estimate of drug-likeness (QED) is 0.487. The van der Waals surface area contributed by atoms with Gasteiger partial charge in [-0.05, 0) is 29.3 Å². The lowest BCUT2D eigenvalue weighted by atomic mass is 10.1. The second kappa shape index (κ2) is 5.09. The van der Waals surface area contributed by atoms with Crippen LogP contribution in [-0.4, -0.2) is 21.6 Å². The number of hydrogen-bond acceptors (Lipinski definition) is 2. The summed E-state index contributed by atoms with van der Waals surface area (Å²) in [6.45, 7) is 3.76. The van der Waals surface area contributed by atoms with Gasteiger partial charge in [0.15, 0.2) is 0 Å². The van der Waals surface area contributed by atoms with Crippen LogP contribution in [0, 0.1) is 5.41 Å². The topological polar surface area (TPSA) is 79.5 Å². The van der Waals surface area contributed by atoms with Crippen LogP contribution in [-0.2, 0) is 0 Å². The van der Waals surface area contributed by atoms with E-state index in [-0.39, 0.29) is 5.96 Å². The number of nitrogens with one attached hydrogen (secondary N) is 1. The molecule has 0 saturated heterocycles. The Morgan fingerprint density at radius 2 is 2.33 bits per heavy atom. The minimum absolute atomic E-state index is 0.222. The highest BCUT2D eigenvalue weighted by Gasteiger charge is 1.99. The maximum atomic E-state index is 7.00. The Bertz CT molecular complexity index is 648. The molecule has 0 bridgehead atoms. The van der Waals surface area contributed by atoms with E-state index >= 15 is 0 Å². The number of imidazole rings is 1. The Morgan fingerprint density at radius 1 is 1.50 bits per heavy atom. The second-order valence-corrected chi connectivity index (χ2v) is 3.60. The third-order valence-electron chi connectivity index (χ3n) is 2.41. The fraction of sp³-hybridized carbons (Fsp3) is 0. The molecule has 0 amide bonds. The predicted octanol–water partition coefficient (Wildman–Crippen LogP) is 1.87. The molecule has 3 N–H and O–H groups in total. The first kappa shape index (κ1) is 11.8. The van der Waals surface area contributed by atoms with Crippen molar-refractivity contribution in [2.24, 2.45) is 10.7 Å². The van der Waals surface area contributed by atoms with Crippen molar-refractivity contribution >= 4 is 23.4 Å². The number of aromatic nitrogens is 2. The van der Waals surface area contributed by atoms with Gasteiger partial charge in [-0.15, -0.1) is 0 Å². The molecule has 2 aromatic rings. The van der Waals surface area contributed by atoms with Crippen molar-refractivity contribution in [3.05, 3.63) is 55.0 Å². The molecule has 0 saturated carbocycles. The maximum Gasteiger partial charge on any atom is 0.212 e. The van der Waals surface area contributed by atoms with Crippen LogP contribution >= 0.6 is 0 Å². The predicted molar refractivity (Wildman–Crippen MR) is 73.8 cm³/mol. The summed E-state index contributed by atoms with van der Waals surface area (Å²) >= 11 is 0. The van der Waals surface area contributed by atoms with Gasteiger partial charge in [-0.3, -0.25) is 5.41 Å². The van der Waals surface area contributed by atoms with Crippen molar-refractivity contribution in [1.82, 2.24) is 9.38 Å². The average Bonchev–Trinajstić information content (AvgIpc) is 2.81. The van der Waals surface area contributed by atoms with Crippen LogP contribution < -0.4 is 5.73 Å². The lowest BCUT2D eigenvalue weighted by molar-refractivity contribution is 1.18. The van der Waals surface area contributed by atoms with Gasteiger partial charge in [0.1, 0.15) is 5.65 Å². The first-order chi connectivity index (χ1) is 8.70. The number of fused-ring (bicyclic) bond motifs is 1. The summed E-state index contributed by atoms with van der Waals surface area (Å²) in [5.41, 5.74) is 7.92. The molecule has 0 aliphatic carbocycles. The van der Waals surface area contributed by atoms with E-state index < -0.39 is 0 Å². The largest absolute Gasteiger partial charge is 0.368 e. The molecule has 2 rings (SSSR count). The molecule has 0 spiro atoms. The summed E-state index contributed by atoms with van der Waals surface area (Å²) in [4.78, 5) is 7.86. The molecule has 5 heteroatoms. The zero-order chi connectivity index (χ0) is 13.0. The molecule has 0 atom stereocenters. The van der Waals surface area contributed by atoms with E-state index in [0.29, 0.717) is 0 Å². The first-order valence-electron chi connectivity index (χ1n) is 5.34. The van der Waals surface area contributed by atoms with Gasteiger partial charge < -0.3 is 10.1 Å². The number of nitrogens with zero attached hydrogens (tertiary/aromatic N) is 3. The van der Waals surface area contributed by atoms with Crippen molar-refractivity contribution in [3.8, 4) is 0 Å². The first-order valence-corrected chi connectivity index (χ1v) is 5.34. The molecule has 5 nitrogen and oxygen atoms in total. The van der Waals surface area contributed by atoms with Gasteiger partial charge in [0.2, 0.25) is 5.96 Å². The Kier molecular flexibility index (Phi) is 3.33. The molecule has 0 aromatic carbocycles. The van der Waals surface area contributed by atoms with Crippen LogP contribution in [0.1, 0.15) is 5.56 Å². The smallest absolute Gasteiger partial charge is 0.212 e. The number of pyridine rings is 1. The number of guanidine groups is 1. The summed E-state index contributed by atoms with van der Waals surface area (Å²) in [7, 11) is 0. The van der Waals surface area contributed by atoms with E-state index in [2.05, 4.69) is 16.6 Å². The van der Waals surface area contributed by atoms with E-state index in [9.17, 15) is 0 Å². The molecule has 2 heterocycles. The molecule has 0 radical (unpaired) electrons. The average molecular weight is 239 g/mol. The molecule has 90 valence electrons. The van der Waals surface area contributed by atoms with Gasteiger partial charge in [0.05, 0.1) is 0 Å². The molecule has 0 aliphatic heterocycles. The fourth-order valence-corrected chi connectivity index (χ4v) is 1.57. The normalized spacial score (nSPS) is 12.1. The van der Waals surface area contributed by atoms with Crippen LogP contribution in [0.4, 0.5) is 0 Å². The molecule has 0 aliphatic rings. The third kappa shape index (κ3) is 2.52. The van der Waals surface area contributed by atoms with Gasteiger partial charge in [-0.25, -0.2) is 9.98 Å². The van der Waals surface area contributed by atoms with E-state index in [1.165, 1.54) is 6.21 Å². The fourth-order valence-electron chi connectivity index (χ4n) is 1.57. The monoisotopic (exact) mass is 239 g/mol. The molecule has 2 aromatic heterocycles. The summed E-state index contributed by atoms with van der Waals surface area (Å²) in [6.07, 6.45) is 10.5. The Hall–Kier alpha value is -2.69. The van der Waals surface area contributed by atoms with Crippen LogP contribution in [0.5, 0.6) is 0 Å². The van der Waals surface area contributed by atoms with Crippen molar-refractivity contribution < 1.29 is 0 Å². The van der Waals surface area contributed by atoms with Crippen LogP contribution in [0.15, 0.2) is 54.4 Å². The number of nitrogens with two attached hydrogens (primary N) is 1. The number of aliphatic imine (C=N–C) groups is 1. The summed E-state index contributed by atoms with van der Waals surface area (Å²) in [5.74, 6) is -0.222. The molecular formula is C13H13N5. The number of allylic oxidation sites excluding steroid dienone is 3. The zero-order valence-electron chi connectivity index (χ0n) is 9.74. The molecule has 0 unspecified atom stereocenters. The molecule has 18 heavy (non-hydrogen) atoms. The SMILES string of the molecule is C=C/C(=C/C=N\C(=N)N)c1ccc2nccn2c1. The van der Waals surface area contributed by atoms with E-state index in [1.807, 2.05) is 28.9 Å². The van der Waals surface area contributed by atoms with Gasteiger partial charge in [0, 0.05) is 24.8 Å². The lowest BCUT2D eigenvalue weighted by Gasteiger charge is -2.02. The van der Waals surface area contributed by atoms with Gasteiger partial charge in [-0.1, -0.05) is 12.7 Å². The summed E-state index contributed by atoms with van der Waals surface area (Å²) < 4.78 is 1.93. The number of rotatable bonds is 3. The Labute approximate surface area is 105 Å². The molecular weight excluding hydrogens is 226 g/mol. The maximum absolute atomic E-state index is 7.00. The Morgan fingerprint density at radius 3 is 3.06 bits per heavy atom. The minimum atomic E-state index is -0.222. The van der Waals surface area contributed by atoms with Crippen LogP contribution in [0.2, 0.25) is 0 Å².